The highest BCUT2D eigenvalue weighted by atomic mass is 32.1. The van der Waals surface area contributed by atoms with Crippen molar-refractivity contribution < 1.29 is 9.53 Å². The number of benzene rings is 1. The first-order chi connectivity index (χ1) is 11.4. The second-order valence-corrected chi connectivity index (χ2v) is 8.50. The zero-order chi connectivity index (χ0) is 17.3. The van der Waals surface area contributed by atoms with Gasteiger partial charge in [-0.25, -0.2) is 0 Å². The van der Waals surface area contributed by atoms with Crippen molar-refractivity contribution in [3.8, 4) is 5.75 Å². The third kappa shape index (κ3) is 3.48. The van der Waals surface area contributed by atoms with Crippen molar-refractivity contribution in [2.75, 3.05) is 12.4 Å². The number of thiophene rings is 1. The van der Waals surface area contributed by atoms with Crippen LogP contribution in [0.4, 0.5) is 5.69 Å². The van der Waals surface area contributed by atoms with E-state index >= 15 is 0 Å². The van der Waals surface area contributed by atoms with Gasteiger partial charge in [-0.1, -0.05) is 20.8 Å². The van der Waals surface area contributed by atoms with Gasteiger partial charge < -0.3 is 10.1 Å². The number of carbonyl (C=O) groups is 1. The summed E-state index contributed by atoms with van der Waals surface area (Å²) in [6.45, 7) is 6.94. The molecule has 3 rings (SSSR count). The van der Waals surface area contributed by atoms with Gasteiger partial charge in [-0.05, 0) is 60.4 Å². The quantitative estimate of drug-likeness (QED) is 0.836. The fraction of sp³-hybridized carbons (Fsp3) is 0.450. The summed E-state index contributed by atoms with van der Waals surface area (Å²) < 4.78 is 5.15. The zero-order valence-corrected chi connectivity index (χ0v) is 15.6. The molecule has 2 aromatic rings. The van der Waals surface area contributed by atoms with E-state index in [0.29, 0.717) is 11.3 Å². The minimum atomic E-state index is -0.00752. The van der Waals surface area contributed by atoms with Crippen LogP contribution in [0.5, 0.6) is 5.75 Å². The lowest BCUT2D eigenvalue weighted by atomic mass is 9.72. The molecular formula is C20H25NO2S. The van der Waals surface area contributed by atoms with Crippen LogP contribution in [-0.2, 0) is 12.8 Å². The fourth-order valence-electron chi connectivity index (χ4n) is 3.31. The average molecular weight is 343 g/mol. The monoisotopic (exact) mass is 343 g/mol. The molecule has 128 valence electrons. The molecule has 24 heavy (non-hydrogen) atoms. The maximum Gasteiger partial charge on any atom is 0.256 e. The Morgan fingerprint density at radius 3 is 2.58 bits per heavy atom. The van der Waals surface area contributed by atoms with Gasteiger partial charge in [0.2, 0.25) is 0 Å². The molecule has 1 unspecified atom stereocenters. The third-order valence-electron chi connectivity index (χ3n) is 4.97. The van der Waals surface area contributed by atoms with Crippen molar-refractivity contribution in [1.29, 1.82) is 0 Å². The van der Waals surface area contributed by atoms with Crippen LogP contribution >= 0.6 is 11.3 Å². The van der Waals surface area contributed by atoms with E-state index < -0.39 is 0 Å². The molecule has 1 heterocycles. The highest BCUT2D eigenvalue weighted by Gasteiger charge is 2.31. The minimum Gasteiger partial charge on any atom is -0.497 e. The van der Waals surface area contributed by atoms with E-state index in [2.05, 4.69) is 26.1 Å². The smallest absolute Gasteiger partial charge is 0.256 e. The van der Waals surface area contributed by atoms with Gasteiger partial charge in [0.1, 0.15) is 5.75 Å². The lowest BCUT2D eigenvalue weighted by Crippen LogP contribution is -2.27. The summed E-state index contributed by atoms with van der Waals surface area (Å²) in [5.41, 5.74) is 3.22. The van der Waals surface area contributed by atoms with E-state index in [1.165, 1.54) is 10.4 Å². The highest BCUT2D eigenvalue weighted by molar-refractivity contribution is 7.10. The summed E-state index contributed by atoms with van der Waals surface area (Å²) in [5, 5.41) is 5.02. The number of rotatable bonds is 3. The number of anilines is 1. The Morgan fingerprint density at radius 2 is 1.96 bits per heavy atom. The van der Waals surface area contributed by atoms with E-state index in [0.717, 1.165) is 36.3 Å². The number of amides is 1. The fourth-order valence-corrected chi connectivity index (χ4v) is 4.48. The summed E-state index contributed by atoms with van der Waals surface area (Å²) in [7, 11) is 1.64. The van der Waals surface area contributed by atoms with Gasteiger partial charge >= 0.3 is 0 Å². The van der Waals surface area contributed by atoms with Gasteiger partial charge in [0.25, 0.3) is 5.91 Å². The van der Waals surface area contributed by atoms with Gasteiger partial charge in [-0.15, -0.1) is 11.3 Å². The largest absolute Gasteiger partial charge is 0.497 e. The molecule has 1 aromatic carbocycles. The third-order valence-corrected chi connectivity index (χ3v) is 6.02. The molecule has 3 nitrogen and oxygen atoms in total. The lowest BCUT2D eigenvalue weighted by Gasteiger charge is -2.34. The number of methoxy groups -OCH3 is 1. The van der Waals surface area contributed by atoms with Crippen LogP contribution in [0.1, 0.15) is 48.0 Å². The maximum absolute atomic E-state index is 12.6. The predicted molar refractivity (Wildman–Crippen MR) is 100 cm³/mol. The molecule has 1 aliphatic rings. The van der Waals surface area contributed by atoms with Crippen LogP contribution in [-0.4, -0.2) is 13.0 Å². The number of fused-ring (bicyclic) bond motifs is 1. The van der Waals surface area contributed by atoms with E-state index in [1.54, 1.807) is 18.4 Å². The summed E-state index contributed by atoms with van der Waals surface area (Å²) in [4.78, 5) is 14.0. The van der Waals surface area contributed by atoms with Crippen molar-refractivity contribution in [2.24, 2.45) is 11.3 Å². The Morgan fingerprint density at radius 1 is 1.25 bits per heavy atom. The first-order valence-corrected chi connectivity index (χ1v) is 9.31. The van der Waals surface area contributed by atoms with Crippen molar-refractivity contribution in [3.63, 3.8) is 0 Å². The normalized spacial score (nSPS) is 17.2. The summed E-state index contributed by atoms with van der Waals surface area (Å²) in [6, 6.07) is 7.44. The minimum absolute atomic E-state index is 0.00752. The number of carbonyl (C=O) groups excluding carboxylic acids is 1. The molecule has 1 aliphatic carbocycles. The van der Waals surface area contributed by atoms with Crippen molar-refractivity contribution in [1.82, 2.24) is 0 Å². The van der Waals surface area contributed by atoms with Crippen LogP contribution in [0.25, 0.3) is 0 Å². The summed E-state index contributed by atoms with van der Waals surface area (Å²) >= 11 is 1.74. The average Bonchev–Trinajstić information content (AvgIpc) is 2.98. The van der Waals surface area contributed by atoms with Gasteiger partial charge in [0, 0.05) is 15.9 Å². The SMILES string of the molecule is COc1ccc(NC(=O)c2csc3c2CCC(C(C)(C)C)C3)cc1. The Labute approximate surface area is 148 Å². The summed E-state index contributed by atoms with van der Waals surface area (Å²) in [5.74, 6) is 1.47. The first kappa shape index (κ1) is 17.0. The molecular weight excluding hydrogens is 318 g/mol. The molecule has 0 saturated carbocycles. The molecule has 0 radical (unpaired) electrons. The van der Waals surface area contributed by atoms with Gasteiger partial charge in [-0.3, -0.25) is 4.79 Å². The van der Waals surface area contributed by atoms with E-state index in [1.807, 2.05) is 29.6 Å². The number of nitrogens with one attached hydrogen (secondary N) is 1. The second-order valence-electron chi connectivity index (χ2n) is 7.54. The van der Waals surface area contributed by atoms with Crippen LogP contribution in [0.15, 0.2) is 29.6 Å². The van der Waals surface area contributed by atoms with Crippen molar-refractivity contribution >= 4 is 22.9 Å². The highest BCUT2D eigenvalue weighted by Crippen LogP contribution is 2.40. The van der Waals surface area contributed by atoms with Gasteiger partial charge in [0.05, 0.1) is 12.7 Å². The molecule has 0 fully saturated rings. The summed E-state index contributed by atoms with van der Waals surface area (Å²) in [6.07, 6.45) is 3.27. The van der Waals surface area contributed by atoms with Crippen LogP contribution in [0.2, 0.25) is 0 Å². The lowest BCUT2D eigenvalue weighted by molar-refractivity contribution is 0.102. The molecule has 0 spiro atoms. The number of hydrogen-bond acceptors (Lipinski definition) is 3. The zero-order valence-electron chi connectivity index (χ0n) is 14.8. The Hall–Kier alpha value is -1.81. The number of ether oxygens (including phenoxy) is 1. The van der Waals surface area contributed by atoms with Gasteiger partial charge in [0.15, 0.2) is 0 Å². The van der Waals surface area contributed by atoms with Crippen molar-refractivity contribution in [3.05, 3.63) is 45.6 Å². The Kier molecular flexibility index (Phi) is 4.68. The number of hydrogen-bond donors (Lipinski definition) is 1. The van der Waals surface area contributed by atoms with Crippen LogP contribution in [0.3, 0.4) is 0 Å². The van der Waals surface area contributed by atoms with Gasteiger partial charge in [-0.2, -0.15) is 0 Å². The molecule has 0 saturated heterocycles. The standard InChI is InChI=1S/C20H25NO2S/c1-20(2,3)13-5-10-16-17(12-24-18(16)11-13)19(22)21-14-6-8-15(23-4)9-7-14/h6-9,12-13H,5,10-11H2,1-4H3,(H,21,22). The first-order valence-electron chi connectivity index (χ1n) is 8.43. The Bertz CT molecular complexity index is 725. The topological polar surface area (TPSA) is 38.3 Å². The van der Waals surface area contributed by atoms with Crippen LogP contribution in [0, 0.1) is 11.3 Å². The molecule has 1 aromatic heterocycles. The van der Waals surface area contributed by atoms with Crippen LogP contribution < -0.4 is 10.1 Å². The maximum atomic E-state index is 12.6. The predicted octanol–water partition coefficient (Wildman–Crippen LogP) is 5.16. The van der Waals surface area contributed by atoms with E-state index in [4.69, 9.17) is 4.74 Å². The molecule has 4 heteroatoms. The van der Waals surface area contributed by atoms with E-state index in [9.17, 15) is 4.79 Å². The molecule has 0 bridgehead atoms. The van der Waals surface area contributed by atoms with Crippen molar-refractivity contribution in [2.45, 2.75) is 40.0 Å². The molecule has 1 amide bonds. The molecule has 0 aliphatic heterocycles. The van der Waals surface area contributed by atoms with E-state index in [-0.39, 0.29) is 5.91 Å². The molecule has 1 N–H and O–H groups in total. The second kappa shape index (κ2) is 6.60. The Balaban J connectivity index is 1.74. The molecule has 1 atom stereocenters.